The number of hydrogen-bond acceptors (Lipinski definition) is 4. The average Bonchev–Trinajstić information content (AvgIpc) is 2.64. The first kappa shape index (κ1) is 13.9. The lowest BCUT2D eigenvalue weighted by Crippen LogP contribution is -2.31. The van der Waals surface area contributed by atoms with E-state index in [1.165, 1.54) is 0 Å². The van der Waals surface area contributed by atoms with Crippen LogP contribution >= 0.6 is 0 Å². The van der Waals surface area contributed by atoms with Crippen LogP contribution in [0.15, 0.2) is 18.2 Å². The Morgan fingerprint density at radius 1 is 1.26 bits per heavy atom. The first-order valence-electron chi connectivity index (χ1n) is 6.73. The Morgan fingerprint density at radius 3 is 2.79 bits per heavy atom. The van der Waals surface area contributed by atoms with E-state index < -0.39 is 6.10 Å². The van der Waals surface area contributed by atoms with Gasteiger partial charge in [0, 0.05) is 0 Å². The summed E-state index contributed by atoms with van der Waals surface area (Å²) in [5.41, 5.74) is 0.454. The Kier molecular flexibility index (Phi) is 4.80. The Morgan fingerprint density at radius 2 is 2.05 bits per heavy atom. The minimum absolute atomic E-state index is 0.266. The minimum Gasteiger partial charge on any atom is -0.493 e. The van der Waals surface area contributed by atoms with Crippen molar-refractivity contribution >= 4 is 6.29 Å². The van der Waals surface area contributed by atoms with E-state index in [1.54, 1.807) is 25.3 Å². The van der Waals surface area contributed by atoms with Gasteiger partial charge in [-0.15, -0.1) is 0 Å². The van der Waals surface area contributed by atoms with E-state index in [4.69, 9.17) is 9.47 Å². The van der Waals surface area contributed by atoms with Crippen LogP contribution in [0, 0.1) is 0 Å². The molecule has 0 aromatic heterocycles. The summed E-state index contributed by atoms with van der Waals surface area (Å²) in [6.07, 6.45) is 4.73. The zero-order valence-corrected chi connectivity index (χ0v) is 11.2. The Labute approximate surface area is 113 Å². The van der Waals surface area contributed by atoms with Gasteiger partial charge in [-0.05, 0) is 31.4 Å². The molecule has 1 N–H and O–H groups in total. The van der Waals surface area contributed by atoms with E-state index in [0.717, 1.165) is 38.4 Å². The van der Waals surface area contributed by atoms with Gasteiger partial charge in [-0.25, -0.2) is 0 Å². The van der Waals surface area contributed by atoms with Gasteiger partial charge in [0.2, 0.25) is 0 Å². The molecule has 1 saturated carbocycles. The number of methoxy groups -OCH3 is 1. The number of carbonyl (C=O) groups is 1. The van der Waals surface area contributed by atoms with E-state index in [2.05, 4.69) is 0 Å². The van der Waals surface area contributed by atoms with Crippen LogP contribution in [0.3, 0.4) is 0 Å². The Balaban J connectivity index is 2.23. The fourth-order valence-corrected chi connectivity index (χ4v) is 2.46. The lowest BCUT2D eigenvalue weighted by atomic mass is 10.1. The fraction of sp³-hybridized carbons (Fsp3) is 0.533. The van der Waals surface area contributed by atoms with Crippen molar-refractivity contribution in [1.29, 1.82) is 0 Å². The molecule has 2 unspecified atom stereocenters. The number of para-hydroxylation sites is 1. The third kappa shape index (κ3) is 3.26. The summed E-state index contributed by atoms with van der Waals surface area (Å²) in [4.78, 5) is 11.1. The molecule has 4 heteroatoms. The summed E-state index contributed by atoms with van der Waals surface area (Å²) >= 11 is 0. The standard InChI is InChI=1S/C15H20O4/c1-18-14-9-5-6-11(10-16)15(14)19-13-8-4-2-3-7-12(13)17/h5-6,9-10,12-13,17H,2-4,7-8H2,1H3. The van der Waals surface area contributed by atoms with Crippen molar-refractivity contribution in [2.45, 2.75) is 44.3 Å². The molecule has 0 spiro atoms. The fourth-order valence-electron chi connectivity index (χ4n) is 2.46. The van der Waals surface area contributed by atoms with E-state index in [1.807, 2.05) is 0 Å². The minimum atomic E-state index is -0.480. The lowest BCUT2D eigenvalue weighted by molar-refractivity contribution is 0.0301. The summed E-state index contributed by atoms with van der Waals surface area (Å²) in [6, 6.07) is 5.19. The van der Waals surface area contributed by atoms with Gasteiger partial charge in [-0.1, -0.05) is 18.9 Å². The zero-order chi connectivity index (χ0) is 13.7. The molecule has 0 heterocycles. The molecule has 1 fully saturated rings. The van der Waals surface area contributed by atoms with Gasteiger partial charge >= 0.3 is 0 Å². The van der Waals surface area contributed by atoms with Crippen molar-refractivity contribution in [3.63, 3.8) is 0 Å². The molecule has 19 heavy (non-hydrogen) atoms. The molecule has 1 aliphatic rings. The van der Waals surface area contributed by atoms with Crippen LogP contribution < -0.4 is 9.47 Å². The van der Waals surface area contributed by atoms with Crippen LogP contribution in [0.4, 0.5) is 0 Å². The number of aldehydes is 1. The normalized spacial score (nSPS) is 23.5. The second-order valence-corrected chi connectivity index (χ2v) is 4.86. The molecule has 2 rings (SSSR count). The first-order valence-corrected chi connectivity index (χ1v) is 6.73. The second-order valence-electron chi connectivity index (χ2n) is 4.86. The summed E-state index contributed by atoms with van der Waals surface area (Å²) in [5, 5.41) is 10.1. The van der Waals surface area contributed by atoms with Crippen LogP contribution in [0.25, 0.3) is 0 Å². The molecule has 104 valence electrons. The van der Waals surface area contributed by atoms with Crippen molar-refractivity contribution < 1.29 is 19.4 Å². The monoisotopic (exact) mass is 264 g/mol. The lowest BCUT2D eigenvalue weighted by Gasteiger charge is -2.23. The molecule has 0 aliphatic heterocycles. The molecule has 4 nitrogen and oxygen atoms in total. The third-order valence-electron chi connectivity index (χ3n) is 3.54. The molecule has 1 aliphatic carbocycles. The number of carbonyl (C=O) groups excluding carboxylic acids is 1. The smallest absolute Gasteiger partial charge is 0.172 e. The molecule has 0 saturated heterocycles. The van der Waals surface area contributed by atoms with Crippen molar-refractivity contribution in [2.24, 2.45) is 0 Å². The maximum absolute atomic E-state index is 11.1. The highest BCUT2D eigenvalue weighted by Gasteiger charge is 2.25. The van der Waals surface area contributed by atoms with Gasteiger partial charge < -0.3 is 14.6 Å². The second kappa shape index (κ2) is 6.57. The first-order chi connectivity index (χ1) is 9.26. The molecule has 1 aromatic rings. The van der Waals surface area contributed by atoms with Gasteiger partial charge in [0.25, 0.3) is 0 Å². The summed E-state index contributed by atoms with van der Waals surface area (Å²) < 4.78 is 11.1. The number of aliphatic hydroxyl groups is 1. The van der Waals surface area contributed by atoms with E-state index >= 15 is 0 Å². The van der Waals surface area contributed by atoms with Crippen molar-refractivity contribution in [2.75, 3.05) is 7.11 Å². The molecule has 1 aromatic carbocycles. The predicted molar refractivity (Wildman–Crippen MR) is 71.9 cm³/mol. The van der Waals surface area contributed by atoms with Gasteiger partial charge in [-0.3, -0.25) is 4.79 Å². The van der Waals surface area contributed by atoms with Crippen LogP contribution in [-0.4, -0.2) is 30.7 Å². The maximum atomic E-state index is 11.1. The molecular formula is C15H20O4. The van der Waals surface area contributed by atoms with Crippen LogP contribution in [-0.2, 0) is 0 Å². The van der Waals surface area contributed by atoms with E-state index in [0.29, 0.717) is 17.1 Å². The number of ether oxygens (including phenoxy) is 2. The molecule has 0 radical (unpaired) electrons. The van der Waals surface area contributed by atoms with Crippen molar-refractivity contribution in [3.8, 4) is 11.5 Å². The summed E-state index contributed by atoms with van der Waals surface area (Å²) in [6.45, 7) is 0. The Hall–Kier alpha value is -1.55. The van der Waals surface area contributed by atoms with E-state index in [9.17, 15) is 9.90 Å². The predicted octanol–water partition coefficient (Wildman–Crippen LogP) is 2.58. The maximum Gasteiger partial charge on any atom is 0.172 e. The van der Waals surface area contributed by atoms with Gasteiger partial charge in [0.15, 0.2) is 17.8 Å². The summed E-state index contributed by atoms with van der Waals surface area (Å²) in [7, 11) is 1.54. The van der Waals surface area contributed by atoms with E-state index in [-0.39, 0.29) is 6.10 Å². The number of hydrogen-bond donors (Lipinski definition) is 1. The highest BCUT2D eigenvalue weighted by atomic mass is 16.5. The van der Waals surface area contributed by atoms with Crippen molar-refractivity contribution in [1.82, 2.24) is 0 Å². The molecule has 0 amide bonds. The van der Waals surface area contributed by atoms with Crippen LogP contribution in [0.5, 0.6) is 11.5 Å². The number of rotatable bonds is 4. The molecule has 0 bridgehead atoms. The number of benzene rings is 1. The van der Waals surface area contributed by atoms with Crippen LogP contribution in [0.2, 0.25) is 0 Å². The zero-order valence-electron chi connectivity index (χ0n) is 11.2. The molecular weight excluding hydrogens is 244 g/mol. The highest BCUT2D eigenvalue weighted by molar-refractivity contribution is 5.81. The number of aliphatic hydroxyl groups excluding tert-OH is 1. The van der Waals surface area contributed by atoms with Gasteiger partial charge in [0.05, 0.1) is 18.8 Å². The third-order valence-corrected chi connectivity index (χ3v) is 3.54. The highest BCUT2D eigenvalue weighted by Crippen LogP contribution is 2.33. The Bertz CT molecular complexity index is 430. The molecule has 2 atom stereocenters. The summed E-state index contributed by atoms with van der Waals surface area (Å²) in [5.74, 6) is 0.965. The van der Waals surface area contributed by atoms with Crippen LogP contribution in [0.1, 0.15) is 42.5 Å². The van der Waals surface area contributed by atoms with Gasteiger partial charge in [0.1, 0.15) is 6.10 Å². The SMILES string of the molecule is COc1cccc(C=O)c1OC1CCCCCC1O. The largest absolute Gasteiger partial charge is 0.493 e. The quantitative estimate of drug-likeness (QED) is 0.671. The van der Waals surface area contributed by atoms with Crippen molar-refractivity contribution in [3.05, 3.63) is 23.8 Å². The van der Waals surface area contributed by atoms with Gasteiger partial charge in [-0.2, -0.15) is 0 Å². The average molecular weight is 264 g/mol. The topological polar surface area (TPSA) is 55.8 Å².